The van der Waals surface area contributed by atoms with Crippen LogP contribution in [0.5, 0.6) is 0 Å². The smallest absolute Gasteiger partial charge is 0.104 e. The van der Waals surface area contributed by atoms with Crippen LogP contribution in [0, 0.1) is 6.92 Å². The van der Waals surface area contributed by atoms with E-state index in [1.165, 1.54) is 0 Å². The van der Waals surface area contributed by atoms with Gasteiger partial charge in [0.05, 0.1) is 11.7 Å². The summed E-state index contributed by atoms with van der Waals surface area (Å²) in [4.78, 5) is 0. The van der Waals surface area contributed by atoms with Gasteiger partial charge in [-0.15, -0.1) is 0 Å². The molecule has 1 aliphatic heterocycles. The van der Waals surface area contributed by atoms with Crippen LogP contribution < -0.4 is 0 Å². The van der Waals surface area contributed by atoms with E-state index in [-0.39, 0.29) is 0 Å². The number of aromatic nitrogens is 2. The van der Waals surface area contributed by atoms with Gasteiger partial charge in [-0.1, -0.05) is 0 Å². The molecule has 13 heavy (non-hydrogen) atoms. The second-order valence-corrected chi connectivity index (χ2v) is 4.21. The van der Waals surface area contributed by atoms with Crippen molar-refractivity contribution in [3.05, 3.63) is 16.4 Å². The van der Waals surface area contributed by atoms with Crippen molar-refractivity contribution in [2.75, 3.05) is 13.2 Å². The highest BCUT2D eigenvalue weighted by atomic mass is 79.9. The highest BCUT2D eigenvalue weighted by Crippen LogP contribution is 2.24. The van der Waals surface area contributed by atoms with Crippen LogP contribution in [-0.2, 0) is 4.74 Å². The molecule has 0 amide bonds. The Morgan fingerprint density at radius 2 is 2.23 bits per heavy atom. The third-order valence-electron chi connectivity index (χ3n) is 2.35. The number of hydrogen-bond acceptors (Lipinski definition) is 2. The van der Waals surface area contributed by atoms with Gasteiger partial charge in [-0.2, -0.15) is 5.10 Å². The summed E-state index contributed by atoms with van der Waals surface area (Å²) < 4.78 is 8.46. The molecular weight excluding hydrogens is 232 g/mol. The van der Waals surface area contributed by atoms with Gasteiger partial charge in [0, 0.05) is 13.2 Å². The largest absolute Gasteiger partial charge is 0.381 e. The molecule has 0 atom stereocenters. The van der Waals surface area contributed by atoms with Crippen molar-refractivity contribution in [1.82, 2.24) is 9.78 Å². The number of rotatable bonds is 1. The molecule has 0 unspecified atom stereocenters. The van der Waals surface area contributed by atoms with Crippen LogP contribution in [0.4, 0.5) is 0 Å². The molecular formula is C9H13BrN2O. The lowest BCUT2D eigenvalue weighted by Crippen LogP contribution is -2.20. The minimum Gasteiger partial charge on any atom is -0.381 e. The Kier molecular flexibility index (Phi) is 2.69. The average Bonchev–Trinajstić information content (AvgIpc) is 2.47. The molecule has 1 aromatic rings. The lowest BCUT2D eigenvalue weighted by molar-refractivity contribution is 0.0655. The van der Waals surface area contributed by atoms with Crippen molar-refractivity contribution in [2.45, 2.75) is 25.8 Å². The van der Waals surface area contributed by atoms with Crippen LogP contribution in [0.3, 0.4) is 0 Å². The second-order valence-electron chi connectivity index (χ2n) is 3.40. The van der Waals surface area contributed by atoms with Crippen molar-refractivity contribution in [3.63, 3.8) is 0 Å². The molecule has 0 N–H and O–H groups in total. The van der Waals surface area contributed by atoms with E-state index in [0.29, 0.717) is 6.04 Å². The third-order valence-corrected chi connectivity index (χ3v) is 2.94. The first kappa shape index (κ1) is 9.21. The number of nitrogens with zero attached hydrogens (tertiary/aromatic N) is 2. The summed E-state index contributed by atoms with van der Waals surface area (Å²) in [6, 6.07) is 2.56. The summed E-state index contributed by atoms with van der Waals surface area (Å²) >= 11 is 3.51. The Labute approximate surface area is 86.2 Å². The van der Waals surface area contributed by atoms with Gasteiger partial charge >= 0.3 is 0 Å². The maximum absolute atomic E-state index is 5.31. The van der Waals surface area contributed by atoms with Gasteiger partial charge < -0.3 is 4.74 Å². The van der Waals surface area contributed by atoms with Gasteiger partial charge in [-0.3, -0.25) is 4.68 Å². The average molecular weight is 245 g/mol. The molecule has 1 saturated heterocycles. The fourth-order valence-corrected chi connectivity index (χ4v) is 2.37. The minimum absolute atomic E-state index is 0.511. The first-order chi connectivity index (χ1) is 6.27. The molecule has 4 heteroatoms. The lowest BCUT2D eigenvalue weighted by atomic mass is 10.1. The standard InChI is InChI=1S/C9H13BrN2O/c1-7-6-9(10)12(11-7)8-2-4-13-5-3-8/h6,8H,2-5H2,1H3. The summed E-state index contributed by atoms with van der Waals surface area (Å²) in [5.41, 5.74) is 1.07. The predicted molar refractivity (Wildman–Crippen MR) is 53.8 cm³/mol. The van der Waals surface area contributed by atoms with Gasteiger partial charge in [0.1, 0.15) is 4.60 Å². The molecule has 0 bridgehead atoms. The maximum Gasteiger partial charge on any atom is 0.104 e. The van der Waals surface area contributed by atoms with Crippen LogP contribution in [0.1, 0.15) is 24.6 Å². The van der Waals surface area contributed by atoms with E-state index < -0.39 is 0 Å². The molecule has 1 aromatic heterocycles. The van der Waals surface area contributed by atoms with Crippen molar-refractivity contribution in [3.8, 4) is 0 Å². The van der Waals surface area contributed by atoms with E-state index in [2.05, 4.69) is 31.8 Å². The molecule has 0 saturated carbocycles. The van der Waals surface area contributed by atoms with Gasteiger partial charge in [-0.05, 0) is 41.8 Å². The number of hydrogen-bond donors (Lipinski definition) is 0. The van der Waals surface area contributed by atoms with Crippen LogP contribution >= 0.6 is 15.9 Å². The monoisotopic (exact) mass is 244 g/mol. The van der Waals surface area contributed by atoms with Crippen LogP contribution in [0.2, 0.25) is 0 Å². The van der Waals surface area contributed by atoms with Crippen molar-refractivity contribution < 1.29 is 4.74 Å². The zero-order valence-corrected chi connectivity index (χ0v) is 9.25. The summed E-state index contributed by atoms with van der Waals surface area (Å²) in [5.74, 6) is 0. The molecule has 2 heterocycles. The van der Waals surface area contributed by atoms with E-state index in [9.17, 15) is 0 Å². The summed E-state index contributed by atoms with van der Waals surface area (Å²) in [6.07, 6.45) is 2.14. The Hall–Kier alpha value is -0.350. The zero-order chi connectivity index (χ0) is 9.26. The van der Waals surface area contributed by atoms with E-state index in [4.69, 9.17) is 4.74 Å². The molecule has 72 valence electrons. The summed E-state index contributed by atoms with van der Waals surface area (Å²) in [7, 11) is 0. The fourth-order valence-electron chi connectivity index (χ4n) is 1.67. The summed E-state index contributed by atoms with van der Waals surface area (Å²) in [6.45, 7) is 3.73. The number of aryl methyl sites for hydroxylation is 1. The van der Waals surface area contributed by atoms with E-state index >= 15 is 0 Å². The zero-order valence-electron chi connectivity index (χ0n) is 7.66. The van der Waals surface area contributed by atoms with Crippen LogP contribution in [-0.4, -0.2) is 23.0 Å². The van der Waals surface area contributed by atoms with E-state index in [0.717, 1.165) is 36.4 Å². The molecule has 0 spiro atoms. The van der Waals surface area contributed by atoms with Gasteiger partial charge in [0.2, 0.25) is 0 Å². The Morgan fingerprint density at radius 1 is 1.54 bits per heavy atom. The quantitative estimate of drug-likeness (QED) is 0.759. The highest BCUT2D eigenvalue weighted by molar-refractivity contribution is 9.10. The first-order valence-electron chi connectivity index (χ1n) is 4.57. The Bertz CT molecular complexity index is 292. The molecule has 0 radical (unpaired) electrons. The van der Waals surface area contributed by atoms with E-state index in [1.807, 2.05) is 6.92 Å². The number of ether oxygens (including phenoxy) is 1. The van der Waals surface area contributed by atoms with Crippen molar-refractivity contribution in [2.24, 2.45) is 0 Å². The van der Waals surface area contributed by atoms with Gasteiger partial charge in [0.15, 0.2) is 0 Å². The Morgan fingerprint density at radius 3 is 2.77 bits per heavy atom. The fraction of sp³-hybridized carbons (Fsp3) is 0.667. The molecule has 1 aliphatic rings. The molecule has 1 fully saturated rings. The SMILES string of the molecule is Cc1cc(Br)n(C2CCOCC2)n1. The maximum atomic E-state index is 5.31. The topological polar surface area (TPSA) is 27.1 Å². The first-order valence-corrected chi connectivity index (χ1v) is 5.36. The molecule has 2 rings (SSSR count). The van der Waals surface area contributed by atoms with Crippen molar-refractivity contribution in [1.29, 1.82) is 0 Å². The second kappa shape index (κ2) is 3.80. The molecule has 0 aromatic carbocycles. The minimum atomic E-state index is 0.511. The predicted octanol–water partition coefficient (Wildman–Crippen LogP) is 2.31. The van der Waals surface area contributed by atoms with Gasteiger partial charge in [0.25, 0.3) is 0 Å². The summed E-state index contributed by atoms with van der Waals surface area (Å²) in [5, 5.41) is 4.45. The number of halogens is 1. The highest BCUT2D eigenvalue weighted by Gasteiger charge is 2.18. The molecule has 0 aliphatic carbocycles. The van der Waals surface area contributed by atoms with Crippen molar-refractivity contribution >= 4 is 15.9 Å². The van der Waals surface area contributed by atoms with E-state index in [1.54, 1.807) is 0 Å². The van der Waals surface area contributed by atoms with Crippen LogP contribution in [0.25, 0.3) is 0 Å². The lowest BCUT2D eigenvalue weighted by Gasteiger charge is -2.23. The normalized spacial score (nSPS) is 19.2. The van der Waals surface area contributed by atoms with Gasteiger partial charge in [-0.25, -0.2) is 0 Å². The molecule has 3 nitrogen and oxygen atoms in total. The van der Waals surface area contributed by atoms with Crippen LogP contribution in [0.15, 0.2) is 10.7 Å². The third kappa shape index (κ3) is 1.94. The Balaban J connectivity index is 2.18.